The van der Waals surface area contributed by atoms with Gasteiger partial charge in [0.15, 0.2) is 6.29 Å². The highest BCUT2D eigenvalue weighted by atomic mass is 35.5. The highest BCUT2D eigenvalue weighted by molar-refractivity contribution is 7.84. The molecule has 2 aromatic rings. The number of rotatable bonds is 5. The SMILES string of the molecule is CCCc1cc(Cl)ccc1C1COc2ccc3cc2N(C1)CC1CCC1C(C1OCC(N2CC(Cl)C2)CO1)CCCC(C)C(C)S(=O)NC3=O. The predicted octanol–water partition coefficient (Wildman–Crippen LogP) is 7.18. The molecule has 4 aliphatic heterocycles. The number of hydrogen-bond donors (Lipinski definition) is 1. The Labute approximate surface area is 310 Å². The van der Waals surface area contributed by atoms with E-state index in [2.05, 4.69) is 40.5 Å². The van der Waals surface area contributed by atoms with Gasteiger partial charge < -0.3 is 19.1 Å². The van der Waals surface area contributed by atoms with E-state index < -0.39 is 11.0 Å². The first-order valence-electron chi connectivity index (χ1n) is 18.8. The van der Waals surface area contributed by atoms with Crippen molar-refractivity contribution in [1.29, 1.82) is 0 Å². The number of nitrogens with zero attached hydrogens (tertiary/aromatic N) is 2. The largest absolute Gasteiger partial charge is 0.491 e. The van der Waals surface area contributed by atoms with Gasteiger partial charge in [0.1, 0.15) is 16.7 Å². The minimum atomic E-state index is -1.51. The summed E-state index contributed by atoms with van der Waals surface area (Å²) in [5.74, 6) is 1.99. The third-order valence-electron chi connectivity index (χ3n) is 12.2. The van der Waals surface area contributed by atoms with Crippen molar-refractivity contribution in [2.75, 3.05) is 50.9 Å². The molecule has 274 valence electrons. The van der Waals surface area contributed by atoms with Crippen molar-refractivity contribution < 1.29 is 23.2 Å². The third kappa shape index (κ3) is 7.89. The van der Waals surface area contributed by atoms with E-state index in [0.29, 0.717) is 37.2 Å². The molecule has 1 amide bonds. The van der Waals surface area contributed by atoms with Gasteiger partial charge >= 0.3 is 0 Å². The van der Waals surface area contributed by atoms with Gasteiger partial charge in [-0.1, -0.05) is 44.4 Å². The number of fused-ring (bicyclic) bond motifs is 2. The highest BCUT2D eigenvalue weighted by Gasteiger charge is 2.45. The van der Waals surface area contributed by atoms with Crippen LogP contribution in [0.25, 0.3) is 0 Å². The molecule has 7 atom stereocenters. The van der Waals surface area contributed by atoms with Gasteiger partial charge in [-0.3, -0.25) is 14.4 Å². The van der Waals surface area contributed by atoms with Crippen molar-refractivity contribution >= 4 is 45.8 Å². The van der Waals surface area contributed by atoms with E-state index in [1.165, 1.54) is 11.1 Å². The third-order valence-corrected chi connectivity index (χ3v) is 14.2. The molecule has 7 unspecified atom stereocenters. The molecule has 0 spiro atoms. The summed E-state index contributed by atoms with van der Waals surface area (Å²) in [6.07, 6.45) is 6.99. The number of anilines is 1. The first kappa shape index (κ1) is 36.5. The molecule has 11 heteroatoms. The molecule has 50 heavy (non-hydrogen) atoms. The molecule has 7 rings (SSSR count). The van der Waals surface area contributed by atoms with Crippen molar-refractivity contribution in [2.24, 2.45) is 23.7 Å². The molecule has 1 aliphatic carbocycles. The molecule has 3 fully saturated rings. The maximum atomic E-state index is 13.5. The molecule has 2 saturated heterocycles. The normalized spacial score (nSPS) is 34.4. The van der Waals surface area contributed by atoms with Gasteiger partial charge in [-0.05, 0) is 98.2 Å². The van der Waals surface area contributed by atoms with Crippen molar-refractivity contribution in [2.45, 2.75) is 94.6 Å². The van der Waals surface area contributed by atoms with Gasteiger partial charge in [-0.15, -0.1) is 11.6 Å². The molecule has 0 radical (unpaired) electrons. The van der Waals surface area contributed by atoms with E-state index in [4.69, 9.17) is 37.4 Å². The van der Waals surface area contributed by atoms with Crippen molar-refractivity contribution in [1.82, 2.24) is 9.62 Å². The molecule has 5 aliphatic rings. The summed E-state index contributed by atoms with van der Waals surface area (Å²) in [6.45, 7) is 11.6. The first-order chi connectivity index (χ1) is 24.2. The van der Waals surface area contributed by atoms with Crippen molar-refractivity contribution in [3.8, 4) is 5.75 Å². The van der Waals surface area contributed by atoms with Gasteiger partial charge in [0.2, 0.25) is 0 Å². The van der Waals surface area contributed by atoms with Crippen LogP contribution < -0.4 is 14.4 Å². The zero-order chi connectivity index (χ0) is 34.9. The number of alkyl halides is 1. The van der Waals surface area contributed by atoms with Crippen LogP contribution in [0.3, 0.4) is 0 Å². The topological polar surface area (TPSA) is 80.3 Å². The average Bonchev–Trinajstić information content (AvgIpc) is 3.26. The number of halogens is 2. The van der Waals surface area contributed by atoms with Crippen LogP contribution in [0.5, 0.6) is 5.75 Å². The van der Waals surface area contributed by atoms with Gasteiger partial charge in [-0.25, -0.2) is 4.21 Å². The minimum absolute atomic E-state index is 0.129. The summed E-state index contributed by atoms with van der Waals surface area (Å²) in [5.41, 5.74) is 3.97. The second kappa shape index (κ2) is 16.0. The quantitative estimate of drug-likeness (QED) is 0.325. The first-order valence-corrected chi connectivity index (χ1v) is 20.8. The number of amides is 1. The van der Waals surface area contributed by atoms with Crippen molar-refractivity contribution in [3.05, 3.63) is 58.1 Å². The number of ether oxygens (including phenoxy) is 3. The fourth-order valence-electron chi connectivity index (χ4n) is 8.76. The lowest BCUT2D eigenvalue weighted by Gasteiger charge is -2.49. The van der Waals surface area contributed by atoms with Crippen LogP contribution >= 0.6 is 23.2 Å². The van der Waals surface area contributed by atoms with Crippen LogP contribution in [0.4, 0.5) is 5.69 Å². The molecule has 1 saturated carbocycles. The number of benzene rings is 2. The Morgan fingerprint density at radius 3 is 2.46 bits per heavy atom. The van der Waals surface area contributed by atoms with Gasteiger partial charge in [0, 0.05) is 48.6 Å². The minimum Gasteiger partial charge on any atom is -0.491 e. The average molecular weight is 747 g/mol. The Hall–Kier alpha value is -1.88. The summed E-state index contributed by atoms with van der Waals surface area (Å²) >= 11 is 12.8. The summed E-state index contributed by atoms with van der Waals surface area (Å²) in [6, 6.07) is 12.2. The van der Waals surface area contributed by atoms with E-state index in [1.807, 2.05) is 25.1 Å². The van der Waals surface area contributed by atoms with Crippen LogP contribution in [0.1, 0.15) is 86.7 Å². The summed E-state index contributed by atoms with van der Waals surface area (Å²) in [4.78, 5) is 18.3. The zero-order valence-corrected chi connectivity index (χ0v) is 32.0. The molecular weight excluding hydrogens is 693 g/mol. The Kier molecular flexibility index (Phi) is 11.7. The number of nitrogens with one attached hydrogen (secondary N) is 1. The Morgan fingerprint density at radius 2 is 1.74 bits per heavy atom. The zero-order valence-electron chi connectivity index (χ0n) is 29.7. The van der Waals surface area contributed by atoms with Crippen molar-refractivity contribution in [3.63, 3.8) is 0 Å². The Balaban J connectivity index is 1.19. The molecule has 8 nitrogen and oxygen atoms in total. The van der Waals surface area contributed by atoms with Crippen LogP contribution in [-0.4, -0.2) is 84.0 Å². The molecule has 0 aromatic heterocycles. The van der Waals surface area contributed by atoms with E-state index in [0.717, 1.165) is 87.6 Å². The Bertz CT molecular complexity index is 1530. The van der Waals surface area contributed by atoms with Gasteiger partial charge in [-0.2, -0.15) is 0 Å². The van der Waals surface area contributed by atoms with Gasteiger partial charge in [0.25, 0.3) is 5.91 Å². The van der Waals surface area contributed by atoms with Crippen LogP contribution in [-0.2, 0) is 26.9 Å². The highest BCUT2D eigenvalue weighted by Crippen LogP contribution is 2.47. The fraction of sp³-hybridized carbons (Fsp3) is 0.667. The second-order valence-electron chi connectivity index (χ2n) is 15.4. The summed E-state index contributed by atoms with van der Waals surface area (Å²) in [7, 11) is -1.51. The lowest BCUT2D eigenvalue weighted by atomic mass is 9.65. The van der Waals surface area contributed by atoms with Crippen LogP contribution in [0, 0.1) is 23.7 Å². The number of hydrogen-bond acceptors (Lipinski definition) is 7. The smallest absolute Gasteiger partial charge is 0.263 e. The molecule has 2 bridgehead atoms. The van der Waals surface area contributed by atoms with E-state index in [1.54, 1.807) is 6.07 Å². The number of carbonyl (C=O) groups is 1. The molecule has 1 N–H and O–H groups in total. The van der Waals surface area contributed by atoms with E-state index >= 15 is 0 Å². The fourth-order valence-corrected chi connectivity index (χ4v) is 10.4. The maximum Gasteiger partial charge on any atom is 0.263 e. The van der Waals surface area contributed by atoms with Gasteiger partial charge in [0.05, 0.1) is 42.2 Å². The summed E-state index contributed by atoms with van der Waals surface area (Å²) < 4.78 is 35.9. The number of aryl methyl sites for hydroxylation is 1. The van der Waals surface area contributed by atoms with E-state index in [-0.39, 0.29) is 46.6 Å². The molecule has 4 heterocycles. The lowest BCUT2D eigenvalue weighted by molar-refractivity contribution is -0.246. The monoisotopic (exact) mass is 745 g/mol. The van der Waals surface area contributed by atoms with Crippen LogP contribution in [0.15, 0.2) is 36.4 Å². The number of likely N-dealkylation sites (tertiary alicyclic amines) is 1. The second-order valence-corrected chi connectivity index (χ2v) is 18.0. The maximum absolute atomic E-state index is 13.5. The molecular formula is C39H53Cl2N3O5S. The van der Waals surface area contributed by atoms with E-state index in [9.17, 15) is 9.00 Å². The van der Waals surface area contributed by atoms with Crippen LogP contribution in [0.2, 0.25) is 5.02 Å². The molecule has 2 aromatic carbocycles. The lowest BCUT2D eigenvalue weighted by Crippen LogP contribution is -2.59. The predicted molar refractivity (Wildman–Crippen MR) is 201 cm³/mol. The standard InChI is InChI=1S/C39H53Cl2N3O5S/c1-4-6-26-15-30(40)11-13-33(26)29-18-44-17-28-9-12-34(28)35(39-48-22-32(23-49-39)43-19-31(41)20-43)8-5-7-24(2)25(3)50(46)42-38(45)27-10-14-37(47-21-29)36(44)16-27/h10-11,13-16,24-25,28-29,31-32,34-35,39H,4-9,12,17-23H2,1-3H3,(H,42,45). The number of carbonyl (C=O) groups excluding carboxylic acids is 1. The Morgan fingerprint density at radius 1 is 0.940 bits per heavy atom. The summed E-state index contributed by atoms with van der Waals surface area (Å²) in [5, 5.41) is 0.809.